The topological polar surface area (TPSA) is 58.6 Å². The lowest BCUT2D eigenvalue weighted by Crippen LogP contribution is -2.46. The first-order valence-corrected chi connectivity index (χ1v) is 9.10. The third-order valence-corrected chi connectivity index (χ3v) is 4.21. The van der Waals surface area contributed by atoms with Gasteiger partial charge in [-0.2, -0.15) is 0 Å². The Morgan fingerprint density at radius 1 is 1.22 bits per heavy atom. The molecule has 1 unspecified atom stereocenters. The monoisotopic (exact) mass is 364 g/mol. The van der Waals surface area contributed by atoms with Crippen LogP contribution in [0.25, 0.3) is 6.08 Å². The molecule has 140 valence electrons. The predicted octanol–water partition coefficient (Wildman–Crippen LogP) is 4.11. The highest BCUT2D eigenvalue weighted by Gasteiger charge is 2.31. The fourth-order valence-corrected chi connectivity index (χ4v) is 2.96. The number of fused-ring (bicyclic) bond motifs is 1. The Morgan fingerprint density at radius 2 is 1.96 bits per heavy atom. The number of anilines is 2. The van der Waals surface area contributed by atoms with Crippen molar-refractivity contribution in [2.24, 2.45) is 5.92 Å². The van der Waals surface area contributed by atoms with Crippen LogP contribution in [0.5, 0.6) is 5.75 Å². The fraction of sp³-hybridized carbons (Fsp3) is 0.273. The molecule has 5 nitrogen and oxygen atoms in total. The number of hydrogen-bond donors (Lipinski definition) is 1. The average Bonchev–Trinajstić information content (AvgIpc) is 2.64. The van der Waals surface area contributed by atoms with Crippen LogP contribution in [0.4, 0.5) is 11.4 Å². The van der Waals surface area contributed by atoms with Crippen LogP contribution in [-0.2, 0) is 9.59 Å². The standard InChI is InChI=1S/C22H24N2O3/c1-15(2)14-24-19-11-10-18(13-20(19)27-16(3)22(24)26)23-21(25)12-9-17-7-5-4-6-8-17/h4-13,15-16H,14H2,1-3H3,(H,23,25)/b12-9+. The quantitative estimate of drug-likeness (QED) is 0.813. The molecule has 0 radical (unpaired) electrons. The van der Waals surface area contributed by atoms with Crippen molar-refractivity contribution in [3.63, 3.8) is 0 Å². The second-order valence-electron chi connectivity index (χ2n) is 7.02. The molecule has 1 atom stereocenters. The maximum absolute atomic E-state index is 12.4. The van der Waals surface area contributed by atoms with Gasteiger partial charge in [-0.25, -0.2) is 0 Å². The zero-order valence-electron chi connectivity index (χ0n) is 15.8. The number of benzene rings is 2. The van der Waals surface area contributed by atoms with Crippen LogP contribution in [-0.4, -0.2) is 24.5 Å². The van der Waals surface area contributed by atoms with Gasteiger partial charge < -0.3 is 15.0 Å². The van der Waals surface area contributed by atoms with E-state index in [0.29, 0.717) is 23.9 Å². The Labute approximate surface area is 159 Å². The van der Waals surface area contributed by atoms with Gasteiger partial charge in [-0.3, -0.25) is 9.59 Å². The smallest absolute Gasteiger partial charge is 0.267 e. The first kappa shape index (κ1) is 18.7. The highest BCUT2D eigenvalue weighted by molar-refractivity contribution is 6.03. The molecule has 1 aliphatic heterocycles. The molecular weight excluding hydrogens is 340 g/mol. The third-order valence-electron chi connectivity index (χ3n) is 4.21. The van der Waals surface area contributed by atoms with Crippen molar-refractivity contribution < 1.29 is 14.3 Å². The van der Waals surface area contributed by atoms with Crippen LogP contribution in [0.3, 0.4) is 0 Å². The molecule has 5 heteroatoms. The van der Waals surface area contributed by atoms with E-state index in [1.807, 2.05) is 36.4 Å². The van der Waals surface area contributed by atoms with E-state index in [-0.39, 0.29) is 11.8 Å². The number of carbonyl (C=O) groups excluding carboxylic acids is 2. The SMILES string of the molecule is CC(C)CN1C(=O)C(C)Oc2cc(NC(=O)/C=C/c3ccccc3)ccc21. The average molecular weight is 364 g/mol. The summed E-state index contributed by atoms with van der Waals surface area (Å²) in [5, 5.41) is 2.83. The third kappa shape index (κ3) is 4.56. The molecule has 0 saturated heterocycles. The Morgan fingerprint density at radius 3 is 2.67 bits per heavy atom. The summed E-state index contributed by atoms with van der Waals surface area (Å²) >= 11 is 0. The summed E-state index contributed by atoms with van der Waals surface area (Å²) in [5.41, 5.74) is 2.32. The largest absolute Gasteiger partial charge is 0.479 e. The van der Waals surface area contributed by atoms with Crippen LogP contribution in [0, 0.1) is 5.92 Å². The van der Waals surface area contributed by atoms with Crippen molar-refractivity contribution in [2.45, 2.75) is 26.9 Å². The molecule has 1 heterocycles. The van der Waals surface area contributed by atoms with Crippen LogP contribution in [0.1, 0.15) is 26.3 Å². The summed E-state index contributed by atoms with van der Waals surface area (Å²) in [6.07, 6.45) is 2.71. The number of nitrogens with zero attached hydrogens (tertiary/aromatic N) is 1. The van der Waals surface area contributed by atoms with Crippen molar-refractivity contribution in [2.75, 3.05) is 16.8 Å². The summed E-state index contributed by atoms with van der Waals surface area (Å²) in [6, 6.07) is 15.0. The Bertz CT molecular complexity index is 859. The summed E-state index contributed by atoms with van der Waals surface area (Å²) in [4.78, 5) is 26.4. The van der Waals surface area contributed by atoms with Crippen molar-refractivity contribution in [3.8, 4) is 5.75 Å². The molecule has 1 aliphatic rings. The number of nitrogens with one attached hydrogen (secondary N) is 1. The molecule has 27 heavy (non-hydrogen) atoms. The van der Waals surface area contributed by atoms with Gasteiger partial charge in [0.1, 0.15) is 5.75 Å². The van der Waals surface area contributed by atoms with Crippen LogP contribution in [0.2, 0.25) is 0 Å². The molecule has 0 aromatic heterocycles. The number of rotatable bonds is 5. The van der Waals surface area contributed by atoms with Crippen LogP contribution in [0.15, 0.2) is 54.6 Å². The molecule has 0 saturated carbocycles. The van der Waals surface area contributed by atoms with Crippen molar-refractivity contribution in [1.29, 1.82) is 0 Å². The van der Waals surface area contributed by atoms with Gasteiger partial charge in [0.15, 0.2) is 6.10 Å². The normalized spacial score (nSPS) is 16.4. The van der Waals surface area contributed by atoms with E-state index in [1.165, 1.54) is 6.08 Å². The first-order chi connectivity index (χ1) is 12.9. The number of hydrogen-bond acceptors (Lipinski definition) is 3. The second kappa shape index (κ2) is 8.08. The highest BCUT2D eigenvalue weighted by atomic mass is 16.5. The molecule has 1 N–H and O–H groups in total. The predicted molar refractivity (Wildman–Crippen MR) is 108 cm³/mol. The molecule has 0 spiro atoms. The Hall–Kier alpha value is -3.08. The van der Waals surface area contributed by atoms with Gasteiger partial charge in [0, 0.05) is 24.4 Å². The highest BCUT2D eigenvalue weighted by Crippen LogP contribution is 2.36. The maximum Gasteiger partial charge on any atom is 0.267 e. The van der Waals surface area contributed by atoms with E-state index in [0.717, 1.165) is 11.3 Å². The number of carbonyl (C=O) groups is 2. The Kier molecular flexibility index (Phi) is 5.60. The summed E-state index contributed by atoms with van der Waals surface area (Å²) < 4.78 is 5.75. The van der Waals surface area contributed by atoms with Gasteiger partial charge in [-0.15, -0.1) is 0 Å². The van der Waals surface area contributed by atoms with E-state index in [1.54, 1.807) is 30.0 Å². The van der Waals surface area contributed by atoms with Gasteiger partial charge >= 0.3 is 0 Å². The van der Waals surface area contributed by atoms with E-state index < -0.39 is 6.10 Å². The van der Waals surface area contributed by atoms with Gasteiger partial charge in [0.2, 0.25) is 5.91 Å². The zero-order chi connectivity index (χ0) is 19.4. The van der Waals surface area contributed by atoms with Gasteiger partial charge in [0.25, 0.3) is 5.91 Å². The minimum Gasteiger partial charge on any atom is -0.479 e. The molecular formula is C22H24N2O3. The molecule has 2 aromatic rings. The minimum atomic E-state index is -0.542. The van der Waals surface area contributed by atoms with Crippen molar-refractivity contribution in [1.82, 2.24) is 0 Å². The molecule has 3 rings (SSSR count). The number of ether oxygens (including phenoxy) is 1. The molecule has 0 bridgehead atoms. The summed E-state index contributed by atoms with van der Waals surface area (Å²) in [6.45, 7) is 6.51. The van der Waals surface area contributed by atoms with E-state index >= 15 is 0 Å². The fourth-order valence-electron chi connectivity index (χ4n) is 2.96. The van der Waals surface area contributed by atoms with Crippen LogP contribution >= 0.6 is 0 Å². The molecule has 0 aliphatic carbocycles. The van der Waals surface area contributed by atoms with Crippen LogP contribution < -0.4 is 15.0 Å². The Balaban J connectivity index is 1.75. The van der Waals surface area contributed by atoms with Gasteiger partial charge in [-0.1, -0.05) is 44.2 Å². The van der Waals surface area contributed by atoms with Gasteiger partial charge in [-0.05, 0) is 36.6 Å². The molecule has 2 aromatic carbocycles. The second-order valence-corrected chi connectivity index (χ2v) is 7.02. The lowest BCUT2D eigenvalue weighted by molar-refractivity contribution is -0.125. The van der Waals surface area contributed by atoms with Gasteiger partial charge in [0.05, 0.1) is 5.69 Å². The number of amides is 2. The van der Waals surface area contributed by atoms with E-state index in [9.17, 15) is 9.59 Å². The maximum atomic E-state index is 12.4. The lowest BCUT2D eigenvalue weighted by Gasteiger charge is -2.34. The van der Waals surface area contributed by atoms with E-state index in [2.05, 4.69) is 19.2 Å². The minimum absolute atomic E-state index is 0.0428. The molecule has 0 fully saturated rings. The zero-order valence-corrected chi connectivity index (χ0v) is 15.8. The van der Waals surface area contributed by atoms with E-state index in [4.69, 9.17) is 4.74 Å². The molecule has 2 amide bonds. The first-order valence-electron chi connectivity index (χ1n) is 9.10. The lowest BCUT2D eigenvalue weighted by atomic mass is 10.1. The summed E-state index contributed by atoms with van der Waals surface area (Å²) in [5.74, 6) is 0.679. The van der Waals surface area contributed by atoms with Crippen molar-refractivity contribution in [3.05, 3.63) is 60.2 Å². The summed E-state index contributed by atoms with van der Waals surface area (Å²) in [7, 11) is 0. The van der Waals surface area contributed by atoms with Crippen molar-refractivity contribution >= 4 is 29.3 Å².